The molecule has 2 heterocycles. The molecule has 2 aromatic rings. The standard InChI is InChI=1S/C9H11N5O2S/c1-5-11-12-9(17-5)10-7(15)6-4-14(2)13-8(6)16-3/h4H,1-3H3,(H,10,12,15). The number of amides is 1. The molecule has 7 nitrogen and oxygen atoms in total. The maximum absolute atomic E-state index is 11.9. The summed E-state index contributed by atoms with van der Waals surface area (Å²) >= 11 is 1.31. The van der Waals surface area contributed by atoms with Crippen molar-refractivity contribution in [1.82, 2.24) is 20.0 Å². The van der Waals surface area contributed by atoms with E-state index in [1.165, 1.54) is 23.1 Å². The van der Waals surface area contributed by atoms with E-state index in [0.717, 1.165) is 5.01 Å². The van der Waals surface area contributed by atoms with Crippen LogP contribution in [0.1, 0.15) is 15.4 Å². The smallest absolute Gasteiger partial charge is 0.264 e. The van der Waals surface area contributed by atoms with Gasteiger partial charge in [-0.1, -0.05) is 11.3 Å². The number of aryl methyl sites for hydroxylation is 2. The minimum Gasteiger partial charge on any atom is -0.479 e. The largest absolute Gasteiger partial charge is 0.479 e. The first-order valence-electron chi connectivity index (χ1n) is 4.79. The van der Waals surface area contributed by atoms with Crippen LogP contribution in [-0.2, 0) is 7.05 Å². The third kappa shape index (κ3) is 2.41. The highest BCUT2D eigenvalue weighted by Gasteiger charge is 2.17. The Balaban J connectivity index is 2.19. The van der Waals surface area contributed by atoms with Gasteiger partial charge in [-0.2, -0.15) is 0 Å². The molecule has 0 aliphatic rings. The predicted molar refractivity (Wildman–Crippen MR) is 62.4 cm³/mol. The van der Waals surface area contributed by atoms with E-state index in [2.05, 4.69) is 20.6 Å². The van der Waals surface area contributed by atoms with E-state index in [9.17, 15) is 4.79 Å². The van der Waals surface area contributed by atoms with E-state index >= 15 is 0 Å². The quantitative estimate of drug-likeness (QED) is 0.876. The fourth-order valence-corrected chi connectivity index (χ4v) is 1.87. The molecule has 90 valence electrons. The minimum absolute atomic E-state index is 0.284. The van der Waals surface area contributed by atoms with Gasteiger partial charge in [0.2, 0.25) is 11.0 Å². The Hall–Kier alpha value is -1.96. The SMILES string of the molecule is COc1nn(C)cc1C(=O)Nc1nnc(C)s1. The van der Waals surface area contributed by atoms with Crippen molar-refractivity contribution >= 4 is 22.4 Å². The zero-order valence-corrected chi connectivity index (χ0v) is 10.4. The number of nitrogens with zero attached hydrogens (tertiary/aromatic N) is 4. The summed E-state index contributed by atoms with van der Waals surface area (Å²) in [5.41, 5.74) is 0.364. The summed E-state index contributed by atoms with van der Waals surface area (Å²) in [6, 6.07) is 0. The number of aromatic nitrogens is 4. The second-order valence-electron chi connectivity index (χ2n) is 3.31. The van der Waals surface area contributed by atoms with Crippen molar-refractivity contribution in [3.63, 3.8) is 0 Å². The molecule has 0 aliphatic carbocycles. The van der Waals surface area contributed by atoms with Crippen LogP contribution in [0, 0.1) is 6.92 Å². The summed E-state index contributed by atoms with van der Waals surface area (Å²) in [5, 5.41) is 15.5. The molecule has 0 aromatic carbocycles. The highest BCUT2D eigenvalue weighted by molar-refractivity contribution is 7.15. The lowest BCUT2D eigenvalue weighted by molar-refractivity contribution is 0.102. The molecule has 0 unspecified atom stereocenters. The highest BCUT2D eigenvalue weighted by atomic mass is 32.1. The van der Waals surface area contributed by atoms with Crippen LogP contribution in [0.5, 0.6) is 5.88 Å². The van der Waals surface area contributed by atoms with Gasteiger partial charge in [-0.25, -0.2) is 0 Å². The number of anilines is 1. The Morgan fingerprint density at radius 1 is 1.53 bits per heavy atom. The lowest BCUT2D eigenvalue weighted by atomic mass is 10.3. The van der Waals surface area contributed by atoms with Gasteiger partial charge in [0.1, 0.15) is 10.6 Å². The van der Waals surface area contributed by atoms with Gasteiger partial charge in [-0.3, -0.25) is 14.8 Å². The third-order valence-electron chi connectivity index (χ3n) is 1.98. The molecule has 1 amide bonds. The van der Waals surface area contributed by atoms with Gasteiger partial charge < -0.3 is 4.74 Å². The van der Waals surface area contributed by atoms with Crippen molar-refractivity contribution in [2.45, 2.75) is 6.92 Å². The first-order valence-corrected chi connectivity index (χ1v) is 5.61. The van der Waals surface area contributed by atoms with E-state index in [-0.39, 0.29) is 11.8 Å². The van der Waals surface area contributed by atoms with E-state index in [1.54, 1.807) is 13.2 Å². The van der Waals surface area contributed by atoms with Crippen molar-refractivity contribution in [2.24, 2.45) is 7.05 Å². The number of hydrogen-bond acceptors (Lipinski definition) is 6. The van der Waals surface area contributed by atoms with Gasteiger partial charge in [0, 0.05) is 13.2 Å². The van der Waals surface area contributed by atoms with E-state index in [4.69, 9.17) is 4.74 Å². The molecule has 17 heavy (non-hydrogen) atoms. The Kier molecular flexibility index (Phi) is 3.05. The average Bonchev–Trinajstić information content (AvgIpc) is 2.84. The lowest BCUT2D eigenvalue weighted by Crippen LogP contribution is -2.12. The van der Waals surface area contributed by atoms with Crippen LogP contribution >= 0.6 is 11.3 Å². The molecular weight excluding hydrogens is 242 g/mol. The van der Waals surface area contributed by atoms with E-state index in [0.29, 0.717) is 10.7 Å². The molecule has 0 atom stereocenters. The number of carbonyl (C=O) groups is 1. The first-order chi connectivity index (χ1) is 8.10. The van der Waals surface area contributed by atoms with Gasteiger partial charge in [0.05, 0.1) is 7.11 Å². The van der Waals surface area contributed by atoms with Crippen molar-refractivity contribution in [3.8, 4) is 5.88 Å². The topological polar surface area (TPSA) is 81.9 Å². The second kappa shape index (κ2) is 4.50. The zero-order chi connectivity index (χ0) is 12.4. The maximum Gasteiger partial charge on any atom is 0.264 e. The minimum atomic E-state index is -0.314. The number of hydrogen-bond donors (Lipinski definition) is 1. The fourth-order valence-electron chi connectivity index (χ4n) is 1.29. The fraction of sp³-hybridized carbons (Fsp3) is 0.333. The van der Waals surface area contributed by atoms with Crippen molar-refractivity contribution in [3.05, 3.63) is 16.8 Å². The summed E-state index contributed by atoms with van der Waals surface area (Å²) in [4.78, 5) is 11.9. The van der Waals surface area contributed by atoms with Gasteiger partial charge in [-0.05, 0) is 6.92 Å². The predicted octanol–water partition coefficient (Wildman–Crippen LogP) is 0.841. The molecule has 0 saturated heterocycles. The number of nitrogens with one attached hydrogen (secondary N) is 1. The normalized spacial score (nSPS) is 10.3. The summed E-state index contributed by atoms with van der Waals surface area (Å²) in [6.45, 7) is 1.82. The molecule has 0 saturated carbocycles. The highest BCUT2D eigenvalue weighted by Crippen LogP contribution is 2.19. The first kappa shape index (κ1) is 11.5. The Bertz CT molecular complexity index is 547. The number of ether oxygens (including phenoxy) is 1. The maximum atomic E-state index is 11.9. The van der Waals surface area contributed by atoms with Gasteiger partial charge in [-0.15, -0.1) is 15.3 Å². The van der Waals surface area contributed by atoms with Crippen molar-refractivity contribution in [2.75, 3.05) is 12.4 Å². The van der Waals surface area contributed by atoms with Crippen LogP contribution < -0.4 is 10.1 Å². The zero-order valence-electron chi connectivity index (χ0n) is 9.59. The summed E-state index contributed by atoms with van der Waals surface area (Å²) < 4.78 is 6.52. The van der Waals surface area contributed by atoms with E-state index < -0.39 is 0 Å². The summed E-state index contributed by atoms with van der Waals surface area (Å²) in [6.07, 6.45) is 1.59. The summed E-state index contributed by atoms with van der Waals surface area (Å²) in [7, 11) is 3.18. The molecule has 2 rings (SSSR count). The number of carbonyl (C=O) groups excluding carboxylic acids is 1. The number of methoxy groups -OCH3 is 1. The van der Waals surface area contributed by atoms with Crippen molar-refractivity contribution < 1.29 is 9.53 Å². The average molecular weight is 253 g/mol. The monoisotopic (exact) mass is 253 g/mol. The molecule has 0 aliphatic heterocycles. The van der Waals surface area contributed by atoms with Crippen molar-refractivity contribution in [1.29, 1.82) is 0 Å². The Labute approximate surface area is 101 Å². The van der Waals surface area contributed by atoms with Crippen LogP contribution in [0.15, 0.2) is 6.20 Å². The third-order valence-corrected chi connectivity index (χ3v) is 2.73. The van der Waals surface area contributed by atoms with Gasteiger partial charge >= 0.3 is 0 Å². The molecule has 0 radical (unpaired) electrons. The molecule has 1 N–H and O–H groups in total. The van der Waals surface area contributed by atoms with Gasteiger partial charge in [0.25, 0.3) is 5.91 Å². The van der Waals surface area contributed by atoms with Crippen LogP contribution in [0.4, 0.5) is 5.13 Å². The van der Waals surface area contributed by atoms with Crippen LogP contribution in [0.3, 0.4) is 0 Å². The lowest BCUT2D eigenvalue weighted by Gasteiger charge is -1.99. The molecule has 0 spiro atoms. The second-order valence-corrected chi connectivity index (χ2v) is 4.49. The Morgan fingerprint density at radius 2 is 2.29 bits per heavy atom. The molecule has 2 aromatic heterocycles. The van der Waals surface area contributed by atoms with Crippen LogP contribution in [0.25, 0.3) is 0 Å². The van der Waals surface area contributed by atoms with E-state index in [1.807, 2.05) is 6.92 Å². The molecule has 0 bridgehead atoms. The molecule has 8 heteroatoms. The Morgan fingerprint density at radius 3 is 2.88 bits per heavy atom. The number of rotatable bonds is 3. The van der Waals surface area contributed by atoms with Crippen LogP contribution in [0.2, 0.25) is 0 Å². The summed E-state index contributed by atoms with van der Waals surface area (Å²) in [5.74, 6) is -0.0302. The molecule has 0 fully saturated rings. The van der Waals surface area contributed by atoms with Gasteiger partial charge in [0.15, 0.2) is 0 Å². The van der Waals surface area contributed by atoms with Crippen LogP contribution in [-0.4, -0.2) is 33.0 Å². The molecular formula is C9H11N5O2S.